The van der Waals surface area contributed by atoms with Crippen molar-refractivity contribution in [3.8, 4) is 0 Å². The van der Waals surface area contributed by atoms with E-state index in [2.05, 4.69) is 10.0 Å². The van der Waals surface area contributed by atoms with Gasteiger partial charge >= 0.3 is 0 Å². The molecule has 0 aromatic carbocycles. The third-order valence-corrected chi connectivity index (χ3v) is 1.28. The van der Waals surface area contributed by atoms with Crippen molar-refractivity contribution in [3.05, 3.63) is 10.4 Å². The Bertz CT molecular complexity index is 133. The standard InChI is InChI=1S/C5H11N3O2/c1-4(3-9)5(10)2-7-8-6/h4-5,9-10H,2-3H2,1H3. The number of hydrogen-bond donors (Lipinski definition) is 2. The summed E-state index contributed by atoms with van der Waals surface area (Å²) in [6.07, 6.45) is -0.735. The Morgan fingerprint density at radius 2 is 2.30 bits per heavy atom. The van der Waals surface area contributed by atoms with Gasteiger partial charge in [0.25, 0.3) is 0 Å². The molecule has 2 unspecified atom stereocenters. The highest BCUT2D eigenvalue weighted by Crippen LogP contribution is 2.01. The van der Waals surface area contributed by atoms with Gasteiger partial charge in [-0.1, -0.05) is 12.0 Å². The topological polar surface area (TPSA) is 89.2 Å². The smallest absolute Gasteiger partial charge is 0.0643 e. The summed E-state index contributed by atoms with van der Waals surface area (Å²) in [5.74, 6) is -0.231. The Balaban J connectivity index is 3.60. The molecule has 0 amide bonds. The zero-order valence-corrected chi connectivity index (χ0v) is 5.80. The molecule has 0 aromatic heterocycles. The maximum atomic E-state index is 9.02. The largest absolute Gasteiger partial charge is 0.396 e. The number of azide groups is 1. The highest BCUT2D eigenvalue weighted by molar-refractivity contribution is 4.65. The summed E-state index contributed by atoms with van der Waals surface area (Å²) in [5.41, 5.74) is 7.85. The van der Waals surface area contributed by atoms with E-state index in [0.29, 0.717) is 0 Å². The van der Waals surface area contributed by atoms with Gasteiger partial charge in [-0.25, -0.2) is 0 Å². The Hall–Kier alpha value is -0.770. The fraction of sp³-hybridized carbons (Fsp3) is 1.00. The summed E-state index contributed by atoms with van der Waals surface area (Å²) in [6.45, 7) is 1.61. The highest BCUT2D eigenvalue weighted by Gasteiger charge is 2.10. The van der Waals surface area contributed by atoms with E-state index in [-0.39, 0.29) is 19.1 Å². The monoisotopic (exact) mass is 145 g/mol. The van der Waals surface area contributed by atoms with E-state index in [0.717, 1.165) is 0 Å². The molecule has 58 valence electrons. The minimum Gasteiger partial charge on any atom is -0.396 e. The Morgan fingerprint density at radius 1 is 1.70 bits per heavy atom. The van der Waals surface area contributed by atoms with Crippen molar-refractivity contribution in [2.75, 3.05) is 13.2 Å². The van der Waals surface area contributed by atoms with Crippen molar-refractivity contribution < 1.29 is 10.2 Å². The Kier molecular flexibility index (Phi) is 4.66. The lowest BCUT2D eigenvalue weighted by molar-refractivity contribution is 0.0836. The molecule has 5 heteroatoms. The summed E-state index contributed by atoms with van der Waals surface area (Å²) in [5, 5.41) is 20.7. The van der Waals surface area contributed by atoms with Crippen LogP contribution in [0.15, 0.2) is 5.11 Å². The van der Waals surface area contributed by atoms with E-state index in [4.69, 9.17) is 15.7 Å². The fourth-order valence-electron chi connectivity index (χ4n) is 0.422. The molecule has 0 rings (SSSR count). The highest BCUT2D eigenvalue weighted by atomic mass is 16.3. The van der Waals surface area contributed by atoms with Crippen molar-refractivity contribution in [2.24, 2.45) is 11.0 Å². The molecule has 2 N–H and O–H groups in total. The van der Waals surface area contributed by atoms with Gasteiger partial charge in [-0.2, -0.15) is 0 Å². The van der Waals surface area contributed by atoms with Gasteiger partial charge in [0.1, 0.15) is 0 Å². The molecule has 0 radical (unpaired) electrons. The average molecular weight is 145 g/mol. The molecule has 0 saturated heterocycles. The van der Waals surface area contributed by atoms with Gasteiger partial charge in [-0.3, -0.25) is 0 Å². The van der Waals surface area contributed by atoms with Crippen LogP contribution in [0.25, 0.3) is 10.4 Å². The Morgan fingerprint density at radius 3 is 2.70 bits per heavy atom. The van der Waals surface area contributed by atoms with E-state index in [9.17, 15) is 0 Å². The summed E-state index contributed by atoms with van der Waals surface area (Å²) >= 11 is 0. The van der Waals surface area contributed by atoms with Crippen molar-refractivity contribution in [1.82, 2.24) is 0 Å². The van der Waals surface area contributed by atoms with E-state index in [1.807, 2.05) is 0 Å². The Labute approximate surface area is 58.9 Å². The lowest BCUT2D eigenvalue weighted by Crippen LogP contribution is -2.23. The second-order valence-corrected chi connectivity index (χ2v) is 2.14. The molecule has 0 spiro atoms. The van der Waals surface area contributed by atoms with Gasteiger partial charge in [-0.15, -0.1) is 0 Å². The minimum absolute atomic E-state index is 0.0260. The van der Waals surface area contributed by atoms with Gasteiger partial charge < -0.3 is 10.2 Å². The van der Waals surface area contributed by atoms with Gasteiger partial charge in [-0.05, 0) is 5.53 Å². The minimum atomic E-state index is -0.735. The van der Waals surface area contributed by atoms with Crippen LogP contribution in [0.3, 0.4) is 0 Å². The SMILES string of the molecule is CC(CO)C(O)CN=[N+]=[N-]. The lowest BCUT2D eigenvalue weighted by Gasteiger charge is -2.12. The molecule has 10 heavy (non-hydrogen) atoms. The van der Waals surface area contributed by atoms with Crippen molar-refractivity contribution in [1.29, 1.82) is 0 Å². The van der Waals surface area contributed by atoms with Gasteiger partial charge in [0.05, 0.1) is 12.6 Å². The molecule has 0 aromatic rings. The van der Waals surface area contributed by atoms with Crippen LogP contribution in [-0.2, 0) is 0 Å². The van der Waals surface area contributed by atoms with Crippen LogP contribution in [0, 0.1) is 5.92 Å². The molecule has 5 nitrogen and oxygen atoms in total. The van der Waals surface area contributed by atoms with E-state index in [1.165, 1.54) is 0 Å². The van der Waals surface area contributed by atoms with Crippen molar-refractivity contribution in [2.45, 2.75) is 13.0 Å². The number of nitrogens with zero attached hydrogens (tertiary/aromatic N) is 3. The third kappa shape index (κ3) is 3.29. The fourth-order valence-corrected chi connectivity index (χ4v) is 0.422. The predicted molar refractivity (Wildman–Crippen MR) is 36.3 cm³/mol. The average Bonchev–Trinajstić information content (AvgIpc) is 1.98. The first-order valence-electron chi connectivity index (χ1n) is 3.02. The number of aliphatic hydroxyl groups is 2. The van der Waals surface area contributed by atoms with Crippen LogP contribution in [0.1, 0.15) is 6.92 Å². The molecule has 0 fully saturated rings. The molecule has 0 bridgehead atoms. The summed E-state index contributed by atoms with van der Waals surface area (Å²) in [4.78, 5) is 2.48. The first-order valence-corrected chi connectivity index (χ1v) is 3.02. The molecule has 0 aliphatic heterocycles. The number of hydrogen-bond acceptors (Lipinski definition) is 3. The van der Waals surface area contributed by atoms with Crippen LogP contribution in [-0.4, -0.2) is 29.5 Å². The molecule has 0 saturated carbocycles. The molecule has 0 aliphatic carbocycles. The van der Waals surface area contributed by atoms with E-state index >= 15 is 0 Å². The molecule has 2 atom stereocenters. The second-order valence-electron chi connectivity index (χ2n) is 2.14. The zero-order chi connectivity index (χ0) is 7.98. The molecule has 0 heterocycles. The molecular weight excluding hydrogens is 134 g/mol. The van der Waals surface area contributed by atoms with Gasteiger partial charge in [0.15, 0.2) is 0 Å². The summed E-state index contributed by atoms with van der Waals surface area (Å²) < 4.78 is 0. The summed E-state index contributed by atoms with van der Waals surface area (Å²) in [6, 6.07) is 0. The van der Waals surface area contributed by atoms with E-state index < -0.39 is 6.10 Å². The lowest BCUT2D eigenvalue weighted by atomic mass is 10.1. The predicted octanol–water partition coefficient (Wildman–Crippen LogP) is 0.286. The van der Waals surface area contributed by atoms with Gasteiger partial charge in [0.2, 0.25) is 0 Å². The van der Waals surface area contributed by atoms with Crippen molar-refractivity contribution in [3.63, 3.8) is 0 Å². The van der Waals surface area contributed by atoms with E-state index in [1.54, 1.807) is 6.92 Å². The normalized spacial score (nSPS) is 15.5. The zero-order valence-electron chi connectivity index (χ0n) is 5.80. The van der Waals surface area contributed by atoms with Crippen LogP contribution >= 0.6 is 0 Å². The maximum absolute atomic E-state index is 9.02. The molecular formula is C5H11N3O2. The maximum Gasteiger partial charge on any atom is 0.0643 e. The van der Waals surface area contributed by atoms with Crippen LogP contribution < -0.4 is 0 Å². The first kappa shape index (κ1) is 9.23. The van der Waals surface area contributed by atoms with Crippen molar-refractivity contribution >= 4 is 0 Å². The first-order chi connectivity index (χ1) is 4.72. The van der Waals surface area contributed by atoms with Crippen LogP contribution in [0.5, 0.6) is 0 Å². The second kappa shape index (κ2) is 5.05. The number of rotatable bonds is 4. The third-order valence-electron chi connectivity index (χ3n) is 1.28. The van der Waals surface area contributed by atoms with Crippen LogP contribution in [0.4, 0.5) is 0 Å². The summed E-state index contributed by atoms with van der Waals surface area (Å²) in [7, 11) is 0. The quantitative estimate of drug-likeness (QED) is 0.338. The molecule has 0 aliphatic rings. The van der Waals surface area contributed by atoms with Gasteiger partial charge in [0, 0.05) is 17.4 Å². The van der Waals surface area contributed by atoms with Crippen LogP contribution in [0.2, 0.25) is 0 Å². The number of aliphatic hydroxyl groups excluding tert-OH is 2.